The van der Waals surface area contributed by atoms with Crippen molar-refractivity contribution in [3.05, 3.63) is 46.8 Å². The summed E-state index contributed by atoms with van der Waals surface area (Å²) < 4.78 is 15.2. The first kappa shape index (κ1) is 13.5. The zero-order chi connectivity index (χ0) is 14.8. The summed E-state index contributed by atoms with van der Waals surface area (Å²) in [6.45, 7) is 1.24. The van der Waals surface area contributed by atoms with E-state index in [2.05, 4.69) is 10.1 Å². The third-order valence-corrected chi connectivity index (χ3v) is 3.75. The van der Waals surface area contributed by atoms with E-state index in [-0.39, 0.29) is 11.7 Å². The minimum Gasteiger partial charge on any atom is -0.366 e. The Bertz CT molecular complexity index is 638. The lowest BCUT2D eigenvalue weighted by atomic mass is 10.0. The van der Waals surface area contributed by atoms with Crippen molar-refractivity contribution in [2.24, 2.45) is 0 Å². The number of nitrogens with zero attached hydrogens (tertiary/aromatic N) is 5. The fourth-order valence-electron chi connectivity index (χ4n) is 2.68. The van der Waals surface area contributed by atoms with E-state index in [0.29, 0.717) is 18.8 Å². The van der Waals surface area contributed by atoms with Crippen molar-refractivity contribution in [2.45, 2.75) is 18.9 Å². The second-order valence-electron chi connectivity index (χ2n) is 4.98. The molecule has 1 fully saturated rings. The average molecular weight is 291 g/mol. The van der Waals surface area contributed by atoms with Crippen molar-refractivity contribution >= 4 is 11.4 Å². The first-order valence-corrected chi connectivity index (χ1v) is 6.68. The Hall–Kier alpha value is -2.51. The van der Waals surface area contributed by atoms with Crippen LogP contribution < -0.4 is 4.90 Å². The largest absolute Gasteiger partial charge is 0.366 e. The third-order valence-electron chi connectivity index (χ3n) is 3.75. The summed E-state index contributed by atoms with van der Waals surface area (Å²) in [5.41, 5.74) is 0.285. The Balaban J connectivity index is 1.78. The molecule has 110 valence electrons. The van der Waals surface area contributed by atoms with Crippen LogP contribution in [0.3, 0.4) is 0 Å². The molecule has 21 heavy (non-hydrogen) atoms. The highest BCUT2D eigenvalue weighted by atomic mass is 19.1. The van der Waals surface area contributed by atoms with E-state index in [9.17, 15) is 14.5 Å². The van der Waals surface area contributed by atoms with Crippen LogP contribution in [-0.4, -0.2) is 32.8 Å². The summed E-state index contributed by atoms with van der Waals surface area (Å²) in [7, 11) is 0. The minimum atomic E-state index is -0.474. The smallest absolute Gasteiger partial charge is 0.292 e. The summed E-state index contributed by atoms with van der Waals surface area (Å²) in [4.78, 5) is 16.4. The number of anilines is 1. The molecule has 1 aromatic heterocycles. The maximum Gasteiger partial charge on any atom is 0.292 e. The maximum absolute atomic E-state index is 13.4. The zero-order valence-electron chi connectivity index (χ0n) is 11.2. The molecular weight excluding hydrogens is 277 g/mol. The quantitative estimate of drug-likeness (QED) is 0.639. The van der Waals surface area contributed by atoms with Gasteiger partial charge in [0, 0.05) is 25.2 Å². The third kappa shape index (κ3) is 2.69. The molecule has 1 aromatic carbocycles. The van der Waals surface area contributed by atoms with E-state index in [4.69, 9.17) is 0 Å². The number of hydrogen-bond acceptors (Lipinski definition) is 5. The lowest BCUT2D eigenvalue weighted by Crippen LogP contribution is -2.35. The van der Waals surface area contributed by atoms with Crippen LogP contribution in [0.5, 0.6) is 0 Å². The van der Waals surface area contributed by atoms with Crippen molar-refractivity contribution in [2.75, 3.05) is 18.0 Å². The zero-order valence-corrected chi connectivity index (χ0v) is 11.2. The number of hydrogen-bond donors (Lipinski definition) is 0. The van der Waals surface area contributed by atoms with Crippen LogP contribution in [0.1, 0.15) is 18.9 Å². The maximum atomic E-state index is 13.4. The molecule has 2 heterocycles. The van der Waals surface area contributed by atoms with Gasteiger partial charge in [-0.05, 0) is 18.9 Å². The van der Waals surface area contributed by atoms with Crippen LogP contribution in [0.25, 0.3) is 0 Å². The summed E-state index contributed by atoms with van der Waals surface area (Å²) in [6, 6.07) is 3.79. The van der Waals surface area contributed by atoms with Crippen molar-refractivity contribution in [3.63, 3.8) is 0 Å². The second-order valence-corrected chi connectivity index (χ2v) is 4.98. The fourth-order valence-corrected chi connectivity index (χ4v) is 2.68. The van der Waals surface area contributed by atoms with Crippen LogP contribution in [0.2, 0.25) is 0 Å². The number of aromatic nitrogens is 3. The molecule has 2 aromatic rings. The fraction of sp³-hybridized carbons (Fsp3) is 0.385. The molecule has 1 saturated heterocycles. The molecular formula is C13H14FN5O2. The summed E-state index contributed by atoms with van der Waals surface area (Å²) in [5.74, 6) is -0.464. The molecule has 0 bridgehead atoms. The van der Waals surface area contributed by atoms with Gasteiger partial charge in [-0.1, -0.05) is 0 Å². The molecule has 0 N–H and O–H groups in total. The van der Waals surface area contributed by atoms with Gasteiger partial charge in [-0.15, -0.1) is 0 Å². The van der Waals surface area contributed by atoms with Crippen molar-refractivity contribution < 1.29 is 9.31 Å². The van der Waals surface area contributed by atoms with E-state index < -0.39 is 10.7 Å². The Labute approximate surface area is 120 Å². The molecule has 0 radical (unpaired) electrons. The normalized spacial score (nSPS) is 16.1. The van der Waals surface area contributed by atoms with Gasteiger partial charge in [-0.25, -0.2) is 14.1 Å². The number of piperidine rings is 1. The van der Waals surface area contributed by atoms with Crippen molar-refractivity contribution in [1.82, 2.24) is 14.8 Å². The minimum absolute atomic E-state index is 0.0596. The lowest BCUT2D eigenvalue weighted by molar-refractivity contribution is -0.384. The standard InChI is InChI=1S/C13H14FN5O2/c14-10-1-2-12(19(20)21)13(7-10)17-5-3-11(4-6-17)18-9-15-8-16-18/h1-2,7-9,11H,3-6H2. The molecule has 1 aliphatic heterocycles. The van der Waals surface area contributed by atoms with Gasteiger partial charge >= 0.3 is 0 Å². The van der Waals surface area contributed by atoms with Gasteiger partial charge in [0.1, 0.15) is 24.2 Å². The van der Waals surface area contributed by atoms with Crippen LogP contribution >= 0.6 is 0 Å². The van der Waals surface area contributed by atoms with E-state index in [1.165, 1.54) is 18.5 Å². The highest BCUT2D eigenvalue weighted by molar-refractivity contribution is 5.63. The van der Waals surface area contributed by atoms with Gasteiger partial charge in [0.05, 0.1) is 11.0 Å². The number of halogens is 1. The van der Waals surface area contributed by atoms with Gasteiger partial charge in [-0.2, -0.15) is 5.10 Å². The number of rotatable bonds is 3. The summed E-state index contributed by atoms with van der Waals surface area (Å²) in [5, 5.41) is 15.2. The summed E-state index contributed by atoms with van der Waals surface area (Å²) in [6.07, 6.45) is 4.74. The van der Waals surface area contributed by atoms with Crippen LogP contribution in [0, 0.1) is 15.9 Å². The van der Waals surface area contributed by atoms with E-state index in [1.807, 2.05) is 4.90 Å². The first-order valence-electron chi connectivity index (χ1n) is 6.68. The monoisotopic (exact) mass is 291 g/mol. The average Bonchev–Trinajstić information content (AvgIpc) is 3.01. The molecule has 3 rings (SSSR count). The highest BCUT2D eigenvalue weighted by Gasteiger charge is 2.26. The number of nitro groups is 1. The van der Waals surface area contributed by atoms with Crippen LogP contribution in [0.4, 0.5) is 15.8 Å². The van der Waals surface area contributed by atoms with Gasteiger partial charge < -0.3 is 4.90 Å². The first-order chi connectivity index (χ1) is 10.1. The van der Waals surface area contributed by atoms with Gasteiger partial charge in [-0.3, -0.25) is 10.1 Å². The molecule has 0 saturated carbocycles. The van der Waals surface area contributed by atoms with E-state index in [1.54, 1.807) is 11.0 Å². The highest BCUT2D eigenvalue weighted by Crippen LogP contribution is 2.32. The van der Waals surface area contributed by atoms with Gasteiger partial charge in [0.25, 0.3) is 5.69 Å². The van der Waals surface area contributed by atoms with E-state index in [0.717, 1.165) is 18.9 Å². The molecule has 0 spiro atoms. The second kappa shape index (κ2) is 5.47. The Morgan fingerprint density at radius 3 is 2.71 bits per heavy atom. The predicted octanol–water partition coefficient (Wildman–Crippen LogP) is 2.17. The SMILES string of the molecule is O=[N+]([O-])c1ccc(F)cc1N1CCC(n2cncn2)CC1. The van der Waals surface area contributed by atoms with Gasteiger partial charge in [0.2, 0.25) is 0 Å². The predicted molar refractivity (Wildman–Crippen MR) is 73.6 cm³/mol. The van der Waals surface area contributed by atoms with Crippen LogP contribution in [0.15, 0.2) is 30.9 Å². The molecule has 0 aliphatic carbocycles. The molecule has 1 aliphatic rings. The van der Waals surface area contributed by atoms with E-state index >= 15 is 0 Å². The topological polar surface area (TPSA) is 77.1 Å². The summed E-state index contributed by atoms with van der Waals surface area (Å²) >= 11 is 0. The lowest BCUT2D eigenvalue weighted by Gasteiger charge is -2.33. The molecule has 7 nitrogen and oxygen atoms in total. The molecule has 0 amide bonds. The van der Waals surface area contributed by atoms with Gasteiger partial charge in [0.15, 0.2) is 0 Å². The number of benzene rings is 1. The Morgan fingerprint density at radius 2 is 2.10 bits per heavy atom. The molecule has 0 atom stereocenters. The molecule has 0 unspecified atom stereocenters. The van der Waals surface area contributed by atoms with Crippen LogP contribution in [-0.2, 0) is 0 Å². The molecule has 8 heteroatoms. The van der Waals surface area contributed by atoms with Crippen molar-refractivity contribution in [1.29, 1.82) is 0 Å². The Kier molecular flexibility index (Phi) is 3.51. The Morgan fingerprint density at radius 1 is 1.33 bits per heavy atom. The number of nitro benzene ring substituents is 1. The van der Waals surface area contributed by atoms with Crippen molar-refractivity contribution in [3.8, 4) is 0 Å².